The molecule has 1 N–H and O–H groups in total. The molecule has 1 aliphatic rings. The zero-order valence-corrected chi connectivity index (χ0v) is 12.5. The summed E-state index contributed by atoms with van der Waals surface area (Å²) >= 11 is 0. The summed E-state index contributed by atoms with van der Waals surface area (Å²) in [6, 6.07) is 7.44. The number of nitrogens with one attached hydrogen (secondary N) is 1. The summed E-state index contributed by atoms with van der Waals surface area (Å²) in [5.41, 5.74) is 1.69. The van der Waals surface area contributed by atoms with Crippen molar-refractivity contribution in [2.24, 2.45) is 5.16 Å². The van der Waals surface area contributed by atoms with Crippen LogP contribution in [0.15, 0.2) is 29.4 Å². The van der Waals surface area contributed by atoms with E-state index in [1.54, 1.807) is 14.2 Å². The number of rotatable bonds is 6. The summed E-state index contributed by atoms with van der Waals surface area (Å²) < 4.78 is 10.1. The van der Waals surface area contributed by atoms with E-state index in [1.807, 2.05) is 31.2 Å². The molecule has 0 spiro atoms. The molecule has 2 atom stereocenters. The molecule has 1 aliphatic heterocycles. The Balaban J connectivity index is 1.91. The number of amides is 1. The lowest BCUT2D eigenvalue weighted by molar-refractivity contribution is -0.132. The minimum atomic E-state index is -0.582. The third-order valence-electron chi connectivity index (χ3n) is 3.19. The van der Waals surface area contributed by atoms with Gasteiger partial charge in [0.15, 0.2) is 0 Å². The topological polar surface area (TPSA) is 69.2 Å². The van der Waals surface area contributed by atoms with Gasteiger partial charge in [-0.2, -0.15) is 0 Å². The maximum absolute atomic E-state index is 12.0. The molecule has 0 bridgehead atoms. The number of hydrogen-bond donors (Lipinski definition) is 1. The van der Waals surface area contributed by atoms with Crippen molar-refractivity contribution in [3.05, 3.63) is 29.8 Å². The fourth-order valence-electron chi connectivity index (χ4n) is 2.10. The van der Waals surface area contributed by atoms with Gasteiger partial charge in [-0.1, -0.05) is 5.16 Å². The van der Waals surface area contributed by atoms with E-state index in [4.69, 9.17) is 14.3 Å². The van der Waals surface area contributed by atoms with E-state index < -0.39 is 6.10 Å². The van der Waals surface area contributed by atoms with E-state index in [9.17, 15) is 4.79 Å². The van der Waals surface area contributed by atoms with Gasteiger partial charge < -0.3 is 19.6 Å². The van der Waals surface area contributed by atoms with Crippen LogP contribution in [0.2, 0.25) is 0 Å². The van der Waals surface area contributed by atoms with Crippen molar-refractivity contribution in [3.8, 4) is 5.75 Å². The number of benzene rings is 1. The third kappa shape index (κ3) is 3.95. The van der Waals surface area contributed by atoms with Crippen molar-refractivity contribution in [2.45, 2.75) is 25.5 Å². The Kier molecular flexibility index (Phi) is 5.16. The van der Waals surface area contributed by atoms with Crippen molar-refractivity contribution >= 4 is 11.6 Å². The van der Waals surface area contributed by atoms with Crippen LogP contribution in [-0.4, -0.2) is 44.6 Å². The minimum Gasteiger partial charge on any atom is -0.497 e. The quantitative estimate of drug-likeness (QED) is 0.859. The molecular weight excluding hydrogens is 272 g/mol. The highest BCUT2D eigenvalue weighted by Gasteiger charge is 2.29. The van der Waals surface area contributed by atoms with Crippen LogP contribution in [0.4, 0.5) is 0 Å². The highest BCUT2D eigenvalue weighted by atomic mass is 16.6. The highest BCUT2D eigenvalue weighted by molar-refractivity contribution is 6.04. The first-order valence-electron chi connectivity index (χ1n) is 6.80. The molecule has 1 amide bonds. The average molecular weight is 292 g/mol. The van der Waals surface area contributed by atoms with Crippen molar-refractivity contribution < 1.29 is 19.1 Å². The van der Waals surface area contributed by atoms with E-state index in [0.29, 0.717) is 13.0 Å². The number of carbonyl (C=O) groups excluding carboxylic acids is 1. The van der Waals surface area contributed by atoms with Gasteiger partial charge in [0, 0.05) is 19.6 Å². The number of ether oxygens (including phenoxy) is 2. The molecule has 6 nitrogen and oxygen atoms in total. The fourth-order valence-corrected chi connectivity index (χ4v) is 2.10. The van der Waals surface area contributed by atoms with Gasteiger partial charge in [-0.3, -0.25) is 4.79 Å². The summed E-state index contributed by atoms with van der Waals surface area (Å²) in [5, 5.41) is 6.83. The first-order valence-corrected chi connectivity index (χ1v) is 6.80. The third-order valence-corrected chi connectivity index (χ3v) is 3.19. The molecule has 0 aliphatic carbocycles. The maximum atomic E-state index is 12.0. The van der Waals surface area contributed by atoms with Gasteiger partial charge in [-0.25, -0.2) is 0 Å². The zero-order chi connectivity index (χ0) is 15.2. The molecule has 0 fully saturated rings. The van der Waals surface area contributed by atoms with Crippen LogP contribution in [0, 0.1) is 0 Å². The number of nitrogens with zero attached hydrogens (tertiary/aromatic N) is 1. The maximum Gasteiger partial charge on any atom is 0.264 e. The largest absolute Gasteiger partial charge is 0.497 e. The van der Waals surface area contributed by atoms with Gasteiger partial charge in [0.05, 0.1) is 19.4 Å². The molecule has 0 aromatic heterocycles. The SMILES string of the molecule is COC[C@@H](C)NC(=O)[C@@H]1CC(c2ccc(OC)cc2)=NO1. The monoisotopic (exact) mass is 292 g/mol. The summed E-state index contributed by atoms with van der Waals surface area (Å²) in [5.74, 6) is 0.604. The van der Waals surface area contributed by atoms with Crippen LogP contribution in [0.25, 0.3) is 0 Å². The molecule has 2 rings (SSSR count). The van der Waals surface area contributed by atoms with E-state index in [-0.39, 0.29) is 11.9 Å². The van der Waals surface area contributed by atoms with E-state index in [0.717, 1.165) is 17.0 Å². The molecule has 0 radical (unpaired) electrons. The molecule has 1 aromatic carbocycles. The van der Waals surface area contributed by atoms with Crippen molar-refractivity contribution in [3.63, 3.8) is 0 Å². The predicted molar refractivity (Wildman–Crippen MR) is 78.5 cm³/mol. The molecule has 0 saturated carbocycles. The zero-order valence-electron chi connectivity index (χ0n) is 12.5. The van der Waals surface area contributed by atoms with Gasteiger partial charge in [0.1, 0.15) is 5.75 Å². The van der Waals surface area contributed by atoms with Gasteiger partial charge in [0.2, 0.25) is 6.10 Å². The number of methoxy groups -OCH3 is 2. The molecule has 0 saturated heterocycles. The van der Waals surface area contributed by atoms with Crippen LogP contribution in [0.1, 0.15) is 18.9 Å². The lowest BCUT2D eigenvalue weighted by Gasteiger charge is -2.15. The molecule has 1 heterocycles. The van der Waals surface area contributed by atoms with Crippen molar-refractivity contribution in [1.29, 1.82) is 0 Å². The van der Waals surface area contributed by atoms with E-state index >= 15 is 0 Å². The normalized spacial score (nSPS) is 18.6. The Morgan fingerprint density at radius 2 is 2.14 bits per heavy atom. The molecule has 6 heteroatoms. The fraction of sp³-hybridized carbons (Fsp3) is 0.467. The van der Waals surface area contributed by atoms with Crippen molar-refractivity contribution in [2.75, 3.05) is 20.8 Å². The lowest BCUT2D eigenvalue weighted by atomic mass is 10.0. The predicted octanol–water partition coefficient (Wildman–Crippen LogP) is 1.34. The summed E-state index contributed by atoms with van der Waals surface area (Å²) in [6.45, 7) is 2.34. The molecule has 21 heavy (non-hydrogen) atoms. The molecule has 1 aromatic rings. The van der Waals surface area contributed by atoms with Crippen molar-refractivity contribution in [1.82, 2.24) is 5.32 Å². The van der Waals surface area contributed by atoms with Gasteiger partial charge in [-0.05, 0) is 36.8 Å². The van der Waals surface area contributed by atoms with Crippen LogP contribution < -0.4 is 10.1 Å². The average Bonchev–Trinajstić information content (AvgIpc) is 2.97. The van der Waals surface area contributed by atoms with E-state index in [2.05, 4.69) is 10.5 Å². The number of carbonyl (C=O) groups is 1. The van der Waals surface area contributed by atoms with Gasteiger partial charge in [0.25, 0.3) is 5.91 Å². The Morgan fingerprint density at radius 3 is 2.76 bits per heavy atom. The Bertz CT molecular complexity index is 513. The standard InChI is InChI=1S/C15H20N2O4/c1-10(9-19-2)16-15(18)14-8-13(17-21-14)11-4-6-12(20-3)7-5-11/h4-7,10,14H,8-9H2,1-3H3,(H,16,18)/t10-,14+/m1/s1. The first kappa shape index (κ1) is 15.3. The van der Waals surface area contributed by atoms with Crippen LogP contribution >= 0.6 is 0 Å². The minimum absolute atomic E-state index is 0.0591. The Morgan fingerprint density at radius 1 is 1.43 bits per heavy atom. The van der Waals surface area contributed by atoms with Crippen LogP contribution in [0.5, 0.6) is 5.75 Å². The number of hydrogen-bond acceptors (Lipinski definition) is 5. The summed E-state index contributed by atoms with van der Waals surface area (Å²) in [4.78, 5) is 17.2. The highest BCUT2D eigenvalue weighted by Crippen LogP contribution is 2.19. The van der Waals surface area contributed by atoms with Crippen LogP contribution in [-0.2, 0) is 14.4 Å². The second-order valence-corrected chi connectivity index (χ2v) is 4.93. The summed E-state index contributed by atoms with van der Waals surface area (Å²) in [6.07, 6.45) is -0.126. The summed E-state index contributed by atoms with van der Waals surface area (Å²) in [7, 11) is 3.21. The second-order valence-electron chi connectivity index (χ2n) is 4.93. The molecule has 114 valence electrons. The van der Waals surface area contributed by atoms with Gasteiger partial charge in [-0.15, -0.1) is 0 Å². The Hall–Kier alpha value is -2.08. The second kappa shape index (κ2) is 7.08. The smallest absolute Gasteiger partial charge is 0.264 e. The molecule has 0 unspecified atom stereocenters. The lowest BCUT2D eigenvalue weighted by Crippen LogP contribution is -2.42. The molecular formula is C15H20N2O4. The first-order chi connectivity index (χ1) is 10.1. The number of oxime groups is 1. The van der Waals surface area contributed by atoms with Gasteiger partial charge >= 0.3 is 0 Å². The van der Waals surface area contributed by atoms with E-state index in [1.165, 1.54) is 0 Å². The van der Waals surface area contributed by atoms with Crippen LogP contribution in [0.3, 0.4) is 0 Å². The Labute approximate surface area is 124 Å².